The van der Waals surface area contributed by atoms with Crippen LogP contribution in [0.5, 0.6) is 5.75 Å². The van der Waals surface area contributed by atoms with E-state index in [0.717, 1.165) is 23.9 Å². The summed E-state index contributed by atoms with van der Waals surface area (Å²) in [6.45, 7) is 1.85. The van der Waals surface area contributed by atoms with Crippen molar-refractivity contribution in [1.29, 1.82) is 0 Å². The number of alkyl halides is 6. The lowest BCUT2D eigenvalue weighted by atomic mass is 10.2. The highest BCUT2D eigenvalue weighted by molar-refractivity contribution is 9.11. The molecule has 0 spiro atoms. The number of benzene rings is 1. The largest absolute Gasteiger partial charge is 0.573 e. The molecule has 0 saturated carbocycles. The maximum atomic E-state index is 13.3. The van der Waals surface area contributed by atoms with Gasteiger partial charge >= 0.3 is 12.5 Å². The summed E-state index contributed by atoms with van der Waals surface area (Å²) in [6, 6.07) is 1.85. The lowest BCUT2D eigenvalue weighted by molar-refractivity contribution is -0.274. The fourth-order valence-electron chi connectivity index (χ4n) is 1.93. The normalized spacial score (nSPS) is 12.2. The van der Waals surface area contributed by atoms with Gasteiger partial charge in [0.2, 0.25) is 0 Å². The number of anilines is 1. The first-order valence-electron chi connectivity index (χ1n) is 7.58. The molecule has 0 unspecified atom stereocenters. The van der Waals surface area contributed by atoms with Gasteiger partial charge in [-0.2, -0.15) is 13.2 Å². The number of thioether (sulfide) groups is 1. The fourth-order valence-corrected chi connectivity index (χ4v) is 5.26. The lowest BCUT2D eigenvalue weighted by Gasteiger charge is -2.14. The molecule has 0 atom stereocenters. The van der Waals surface area contributed by atoms with Gasteiger partial charge in [-0.25, -0.2) is 4.98 Å². The fraction of sp³-hybridized carbons (Fsp3) is 0.333. The van der Waals surface area contributed by atoms with Gasteiger partial charge in [0.25, 0.3) is 5.91 Å². The first-order chi connectivity index (χ1) is 13.3. The molecule has 1 aromatic carbocycles. The standard InChI is InChI=1S/C15H10Br2F6N2O2S2/c1-2-3-28-13-25-11(14(18,19)20)10(29-13)12(26)24-9-7(16)4-6(5-8(9)17)27-15(21,22)23/h4-5H,2-3H2,1H3,(H,24,26). The average molecular weight is 588 g/mol. The number of amides is 1. The third-order valence-corrected chi connectivity index (χ3v) is 6.65. The molecule has 160 valence electrons. The number of ether oxygens (including phenoxy) is 1. The predicted octanol–water partition coefficient (Wildman–Crippen LogP) is 7.34. The molecular weight excluding hydrogens is 578 g/mol. The van der Waals surface area contributed by atoms with Crippen LogP contribution < -0.4 is 10.1 Å². The quantitative estimate of drug-likeness (QED) is 0.284. The molecule has 1 N–H and O–H groups in total. The highest BCUT2D eigenvalue weighted by atomic mass is 79.9. The number of nitrogens with zero attached hydrogens (tertiary/aromatic N) is 1. The number of thiazole rings is 1. The molecule has 0 radical (unpaired) electrons. The molecular formula is C15H10Br2F6N2O2S2. The first-order valence-corrected chi connectivity index (χ1v) is 11.0. The maximum Gasteiger partial charge on any atom is 0.573 e. The molecule has 0 aliphatic carbocycles. The second kappa shape index (κ2) is 9.43. The van der Waals surface area contributed by atoms with Crippen LogP contribution in [-0.4, -0.2) is 23.0 Å². The van der Waals surface area contributed by atoms with Gasteiger partial charge in [0.1, 0.15) is 10.6 Å². The van der Waals surface area contributed by atoms with Crippen molar-refractivity contribution in [2.75, 3.05) is 11.1 Å². The Labute approximate surface area is 185 Å². The Bertz CT molecular complexity index is 879. The van der Waals surface area contributed by atoms with Gasteiger partial charge in [-0.05, 0) is 50.4 Å². The predicted molar refractivity (Wildman–Crippen MR) is 105 cm³/mol. The van der Waals surface area contributed by atoms with Crippen molar-refractivity contribution in [3.63, 3.8) is 0 Å². The van der Waals surface area contributed by atoms with Crippen LogP contribution in [0.15, 0.2) is 25.4 Å². The van der Waals surface area contributed by atoms with E-state index in [-0.39, 0.29) is 19.0 Å². The summed E-state index contributed by atoms with van der Waals surface area (Å²) in [5.41, 5.74) is -1.38. The highest BCUT2D eigenvalue weighted by Gasteiger charge is 2.40. The van der Waals surface area contributed by atoms with E-state index in [2.05, 4.69) is 46.9 Å². The Balaban J connectivity index is 2.33. The van der Waals surface area contributed by atoms with Crippen molar-refractivity contribution < 1.29 is 35.9 Å². The molecule has 1 heterocycles. The van der Waals surface area contributed by atoms with Gasteiger partial charge in [0, 0.05) is 14.7 Å². The van der Waals surface area contributed by atoms with Gasteiger partial charge in [-0.15, -0.1) is 24.5 Å². The SMILES string of the molecule is CCCSc1nc(C(F)(F)F)c(C(=O)Nc2c(Br)cc(OC(F)(F)F)cc2Br)s1. The van der Waals surface area contributed by atoms with Crippen LogP contribution >= 0.6 is 55.0 Å². The van der Waals surface area contributed by atoms with Crippen LogP contribution in [-0.2, 0) is 6.18 Å². The molecule has 2 rings (SSSR count). The smallest absolute Gasteiger partial charge is 0.406 e. The van der Waals surface area contributed by atoms with E-state index in [0.29, 0.717) is 23.5 Å². The van der Waals surface area contributed by atoms with Crippen LogP contribution in [0.1, 0.15) is 28.7 Å². The molecule has 0 saturated heterocycles. The van der Waals surface area contributed by atoms with Crippen LogP contribution in [0.4, 0.5) is 32.0 Å². The monoisotopic (exact) mass is 586 g/mol. The molecule has 14 heteroatoms. The Kier molecular flexibility index (Phi) is 7.90. The molecule has 2 aromatic rings. The highest BCUT2D eigenvalue weighted by Crippen LogP contribution is 2.40. The summed E-state index contributed by atoms with van der Waals surface area (Å²) < 4.78 is 80.7. The Hall–Kier alpha value is -0.990. The molecule has 4 nitrogen and oxygen atoms in total. The van der Waals surface area contributed by atoms with E-state index in [1.165, 1.54) is 0 Å². The van der Waals surface area contributed by atoms with Gasteiger partial charge in [0.15, 0.2) is 10.0 Å². The Morgan fingerprint density at radius 3 is 2.28 bits per heavy atom. The maximum absolute atomic E-state index is 13.3. The van der Waals surface area contributed by atoms with Crippen molar-refractivity contribution in [3.8, 4) is 5.75 Å². The molecule has 0 fully saturated rings. The number of hydrogen-bond donors (Lipinski definition) is 1. The zero-order valence-corrected chi connectivity index (χ0v) is 19.0. The minimum Gasteiger partial charge on any atom is -0.406 e. The van der Waals surface area contributed by atoms with Gasteiger partial charge in [0.05, 0.1) is 5.69 Å². The van der Waals surface area contributed by atoms with Crippen LogP contribution in [0, 0.1) is 0 Å². The number of rotatable bonds is 6. The molecule has 0 bridgehead atoms. The lowest BCUT2D eigenvalue weighted by Crippen LogP contribution is -2.18. The summed E-state index contributed by atoms with van der Waals surface area (Å²) >= 11 is 7.63. The molecule has 0 aliphatic heterocycles. The summed E-state index contributed by atoms with van der Waals surface area (Å²) in [7, 11) is 0. The van der Waals surface area contributed by atoms with Crippen LogP contribution in [0.3, 0.4) is 0 Å². The summed E-state index contributed by atoms with van der Waals surface area (Å²) in [5, 5.41) is 2.26. The van der Waals surface area contributed by atoms with Crippen molar-refractivity contribution in [2.24, 2.45) is 0 Å². The van der Waals surface area contributed by atoms with E-state index in [9.17, 15) is 31.1 Å². The van der Waals surface area contributed by atoms with Crippen molar-refractivity contribution in [1.82, 2.24) is 4.98 Å². The van der Waals surface area contributed by atoms with Gasteiger partial charge < -0.3 is 10.1 Å². The number of carbonyl (C=O) groups excluding carboxylic acids is 1. The van der Waals surface area contributed by atoms with E-state index < -0.39 is 34.8 Å². The molecule has 0 aliphatic rings. The van der Waals surface area contributed by atoms with Crippen LogP contribution in [0.25, 0.3) is 0 Å². The average Bonchev–Trinajstić information content (AvgIpc) is 2.99. The second-order valence-corrected chi connectivity index (χ2v) is 9.32. The van der Waals surface area contributed by atoms with E-state index >= 15 is 0 Å². The number of nitrogens with one attached hydrogen (secondary N) is 1. The zero-order chi connectivity index (χ0) is 22.0. The minimum absolute atomic E-state index is 0.0295. The third kappa shape index (κ3) is 6.76. The first kappa shape index (κ1) is 24.3. The van der Waals surface area contributed by atoms with E-state index in [1.54, 1.807) is 0 Å². The number of aromatic nitrogens is 1. The number of carbonyl (C=O) groups is 1. The van der Waals surface area contributed by atoms with E-state index in [1.807, 2.05) is 6.92 Å². The summed E-state index contributed by atoms with van der Waals surface area (Å²) in [4.78, 5) is 15.3. The molecule has 1 amide bonds. The summed E-state index contributed by atoms with van der Waals surface area (Å²) in [5.74, 6) is -1.14. The Morgan fingerprint density at radius 2 is 1.79 bits per heavy atom. The Morgan fingerprint density at radius 1 is 1.21 bits per heavy atom. The number of halogens is 8. The summed E-state index contributed by atoms with van der Waals surface area (Å²) in [6.07, 6.45) is -9.06. The zero-order valence-electron chi connectivity index (χ0n) is 14.2. The third-order valence-electron chi connectivity index (χ3n) is 3.00. The molecule has 1 aromatic heterocycles. The topological polar surface area (TPSA) is 51.2 Å². The van der Waals surface area contributed by atoms with Crippen molar-refractivity contribution in [3.05, 3.63) is 31.6 Å². The van der Waals surface area contributed by atoms with Crippen molar-refractivity contribution in [2.45, 2.75) is 30.2 Å². The second-order valence-electron chi connectivity index (χ2n) is 5.27. The van der Waals surface area contributed by atoms with Gasteiger partial charge in [-0.3, -0.25) is 4.79 Å². The molecule has 29 heavy (non-hydrogen) atoms. The van der Waals surface area contributed by atoms with Gasteiger partial charge in [-0.1, -0.05) is 18.7 Å². The minimum atomic E-state index is -4.93. The number of hydrogen-bond acceptors (Lipinski definition) is 5. The van der Waals surface area contributed by atoms with Crippen LogP contribution in [0.2, 0.25) is 0 Å². The van der Waals surface area contributed by atoms with Crippen molar-refractivity contribution >= 4 is 66.6 Å². The van der Waals surface area contributed by atoms with E-state index in [4.69, 9.17) is 0 Å².